The van der Waals surface area contributed by atoms with Crippen molar-refractivity contribution in [2.45, 2.75) is 53.0 Å². The highest BCUT2D eigenvalue weighted by Crippen LogP contribution is 2.40. The Morgan fingerprint density at radius 2 is 2.06 bits per heavy atom. The number of rotatable bonds is 4. The van der Waals surface area contributed by atoms with Gasteiger partial charge in [-0.3, -0.25) is 0 Å². The van der Waals surface area contributed by atoms with Crippen LogP contribution in [0.3, 0.4) is 0 Å². The number of hydrogen-bond acceptors (Lipinski definition) is 1. The maximum absolute atomic E-state index is 3.73. The molecule has 1 aliphatic carbocycles. The topological polar surface area (TPSA) is 12.0 Å². The van der Waals surface area contributed by atoms with Gasteiger partial charge in [0.2, 0.25) is 0 Å². The summed E-state index contributed by atoms with van der Waals surface area (Å²) in [5.41, 5.74) is 4.33. The molecule has 0 amide bonds. The molecule has 1 aromatic rings. The van der Waals surface area contributed by atoms with Crippen molar-refractivity contribution in [3.8, 4) is 0 Å². The second kappa shape index (κ2) is 5.88. The van der Waals surface area contributed by atoms with Crippen molar-refractivity contribution in [1.29, 1.82) is 0 Å². The van der Waals surface area contributed by atoms with E-state index in [2.05, 4.69) is 51.2 Å². The summed E-state index contributed by atoms with van der Waals surface area (Å²) in [5.74, 6) is 1.67. The average molecular weight is 245 g/mol. The van der Waals surface area contributed by atoms with Gasteiger partial charge < -0.3 is 5.32 Å². The Labute approximate surface area is 112 Å². The van der Waals surface area contributed by atoms with E-state index >= 15 is 0 Å². The van der Waals surface area contributed by atoms with Crippen LogP contribution in [0, 0.1) is 25.7 Å². The van der Waals surface area contributed by atoms with Crippen LogP contribution in [0.1, 0.15) is 55.8 Å². The summed E-state index contributed by atoms with van der Waals surface area (Å²) in [7, 11) is 0. The maximum Gasteiger partial charge on any atom is 0.0353 e. The molecule has 100 valence electrons. The van der Waals surface area contributed by atoms with Crippen LogP contribution in [0.25, 0.3) is 0 Å². The summed E-state index contributed by atoms with van der Waals surface area (Å²) in [6.07, 6.45) is 4.18. The predicted molar refractivity (Wildman–Crippen MR) is 78.8 cm³/mol. The van der Waals surface area contributed by atoms with Gasteiger partial charge in [-0.15, -0.1) is 0 Å². The van der Waals surface area contributed by atoms with Crippen molar-refractivity contribution >= 4 is 0 Å². The van der Waals surface area contributed by atoms with E-state index in [1.165, 1.54) is 36.0 Å². The number of benzene rings is 1. The molecule has 2 rings (SSSR count). The fraction of sp³-hybridized carbons (Fsp3) is 0.647. The van der Waals surface area contributed by atoms with Gasteiger partial charge in [0.15, 0.2) is 0 Å². The van der Waals surface area contributed by atoms with E-state index < -0.39 is 0 Å². The third-order valence-electron chi connectivity index (χ3n) is 4.54. The number of nitrogens with one attached hydrogen (secondary N) is 1. The van der Waals surface area contributed by atoms with Gasteiger partial charge in [0.1, 0.15) is 0 Å². The van der Waals surface area contributed by atoms with Gasteiger partial charge in [-0.25, -0.2) is 0 Å². The summed E-state index contributed by atoms with van der Waals surface area (Å²) >= 11 is 0. The summed E-state index contributed by atoms with van der Waals surface area (Å²) in [6.45, 7) is 10.1. The summed E-state index contributed by atoms with van der Waals surface area (Å²) < 4.78 is 0. The average Bonchev–Trinajstić information content (AvgIpc) is 2.73. The van der Waals surface area contributed by atoms with Crippen LogP contribution in [0.4, 0.5) is 0 Å². The zero-order valence-electron chi connectivity index (χ0n) is 12.3. The minimum Gasteiger partial charge on any atom is -0.310 e. The Hall–Kier alpha value is -0.820. The Morgan fingerprint density at radius 3 is 2.61 bits per heavy atom. The third kappa shape index (κ3) is 2.77. The lowest BCUT2D eigenvalue weighted by Crippen LogP contribution is -2.30. The zero-order chi connectivity index (χ0) is 13.1. The number of aryl methyl sites for hydroxylation is 2. The molecule has 1 fully saturated rings. The SMILES string of the molecule is CCNC(c1ccc(C)cc1C)C1CCCC1C. The van der Waals surface area contributed by atoms with Gasteiger partial charge in [0.25, 0.3) is 0 Å². The van der Waals surface area contributed by atoms with Crippen molar-refractivity contribution in [2.24, 2.45) is 11.8 Å². The van der Waals surface area contributed by atoms with Gasteiger partial charge in [0.05, 0.1) is 0 Å². The van der Waals surface area contributed by atoms with E-state index in [0.29, 0.717) is 6.04 Å². The minimum atomic E-state index is 0.549. The predicted octanol–water partition coefficient (Wildman–Crippen LogP) is 4.39. The molecule has 1 nitrogen and oxygen atoms in total. The monoisotopic (exact) mass is 245 g/mol. The summed E-state index contributed by atoms with van der Waals surface area (Å²) in [6, 6.07) is 7.46. The molecule has 0 aliphatic heterocycles. The molecule has 0 spiro atoms. The molecular weight excluding hydrogens is 218 g/mol. The number of hydrogen-bond donors (Lipinski definition) is 1. The maximum atomic E-state index is 3.73. The largest absolute Gasteiger partial charge is 0.310 e. The zero-order valence-corrected chi connectivity index (χ0v) is 12.3. The first-order valence-electron chi connectivity index (χ1n) is 7.44. The Bertz CT molecular complexity index is 397. The normalized spacial score (nSPS) is 25.3. The van der Waals surface area contributed by atoms with Crippen molar-refractivity contribution in [2.75, 3.05) is 6.54 Å². The molecule has 1 heteroatoms. The van der Waals surface area contributed by atoms with Gasteiger partial charge in [0, 0.05) is 6.04 Å². The lowest BCUT2D eigenvalue weighted by atomic mass is 9.84. The van der Waals surface area contributed by atoms with Crippen LogP contribution in [0.2, 0.25) is 0 Å². The fourth-order valence-electron chi connectivity index (χ4n) is 3.56. The molecule has 1 saturated carbocycles. The van der Waals surface area contributed by atoms with E-state index in [1.54, 1.807) is 0 Å². The molecular formula is C17H27N. The Balaban J connectivity index is 2.28. The highest BCUT2D eigenvalue weighted by Gasteiger charge is 2.31. The molecule has 1 aliphatic rings. The first kappa shape index (κ1) is 13.6. The molecule has 1 aromatic carbocycles. The lowest BCUT2D eigenvalue weighted by Gasteiger charge is -2.29. The lowest BCUT2D eigenvalue weighted by molar-refractivity contribution is 0.305. The Kier molecular flexibility index (Phi) is 4.45. The van der Waals surface area contributed by atoms with Crippen LogP contribution < -0.4 is 5.32 Å². The molecule has 1 N–H and O–H groups in total. The molecule has 0 aromatic heterocycles. The fourth-order valence-corrected chi connectivity index (χ4v) is 3.56. The highest BCUT2D eigenvalue weighted by molar-refractivity contribution is 5.33. The first-order chi connectivity index (χ1) is 8.63. The molecule has 3 atom stereocenters. The summed E-state index contributed by atoms with van der Waals surface area (Å²) in [4.78, 5) is 0. The Morgan fingerprint density at radius 1 is 1.28 bits per heavy atom. The van der Waals surface area contributed by atoms with Crippen LogP contribution in [-0.2, 0) is 0 Å². The van der Waals surface area contributed by atoms with Gasteiger partial charge in [-0.1, -0.05) is 50.5 Å². The van der Waals surface area contributed by atoms with E-state index in [4.69, 9.17) is 0 Å². The summed E-state index contributed by atoms with van der Waals surface area (Å²) in [5, 5.41) is 3.73. The third-order valence-corrected chi connectivity index (χ3v) is 4.54. The standard InChI is InChI=1S/C17H27N/c1-5-18-17(15-8-6-7-13(15)3)16-10-9-12(2)11-14(16)4/h9-11,13,15,17-18H,5-8H2,1-4H3. The van der Waals surface area contributed by atoms with Crippen molar-refractivity contribution in [3.05, 3.63) is 34.9 Å². The van der Waals surface area contributed by atoms with E-state index in [-0.39, 0.29) is 0 Å². The second-order valence-corrected chi connectivity index (χ2v) is 5.97. The van der Waals surface area contributed by atoms with Crippen LogP contribution >= 0.6 is 0 Å². The van der Waals surface area contributed by atoms with E-state index in [1.807, 2.05) is 0 Å². The molecule has 3 unspecified atom stereocenters. The van der Waals surface area contributed by atoms with Crippen LogP contribution in [-0.4, -0.2) is 6.54 Å². The smallest absolute Gasteiger partial charge is 0.0353 e. The van der Waals surface area contributed by atoms with Crippen molar-refractivity contribution < 1.29 is 0 Å². The van der Waals surface area contributed by atoms with Crippen LogP contribution in [0.5, 0.6) is 0 Å². The molecule has 18 heavy (non-hydrogen) atoms. The van der Waals surface area contributed by atoms with Crippen LogP contribution in [0.15, 0.2) is 18.2 Å². The van der Waals surface area contributed by atoms with Gasteiger partial charge >= 0.3 is 0 Å². The van der Waals surface area contributed by atoms with Gasteiger partial charge in [-0.2, -0.15) is 0 Å². The van der Waals surface area contributed by atoms with Gasteiger partial charge in [-0.05, 0) is 49.8 Å². The van der Waals surface area contributed by atoms with Crippen molar-refractivity contribution in [1.82, 2.24) is 5.32 Å². The molecule has 0 bridgehead atoms. The van der Waals surface area contributed by atoms with E-state index in [9.17, 15) is 0 Å². The van der Waals surface area contributed by atoms with Crippen molar-refractivity contribution in [3.63, 3.8) is 0 Å². The molecule has 0 radical (unpaired) electrons. The second-order valence-electron chi connectivity index (χ2n) is 5.97. The molecule has 0 heterocycles. The first-order valence-corrected chi connectivity index (χ1v) is 7.44. The molecule has 0 saturated heterocycles. The minimum absolute atomic E-state index is 0.549. The highest BCUT2D eigenvalue weighted by atomic mass is 14.9. The quantitative estimate of drug-likeness (QED) is 0.829. The van der Waals surface area contributed by atoms with E-state index in [0.717, 1.165) is 18.4 Å².